The monoisotopic (exact) mass is 559 g/mol. The van der Waals surface area contributed by atoms with Crippen LogP contribution in [0.3, 0.4) is 0 Å². The number of carbonyl (C=O) groups is 3. The van der Waals surface area contributed by atoms with Gasteiger partial charge in [-0.05, 0) is 31.9 Å². The van der Waals surface area contributed by atoms with E-state index in [2.05, 4.69) is 4.98 Å². The number of esters is 2. The molecule has 40 heavy (non-hydrogen) atoms. The third-order valence-corrected chi connectivity index (χ3v) is 6.16. The number of para-hydroxylation sites is 1. The predicted octanol–water partition coefficient (Wildman–Crippen LogP) is 3.77. The molecule has 218 valence electrons. The Labute approximate surface area is 234 Å². The lowest BCUT2D eigenvalue weighted by atomic mass is 9.96. The Kier molecular flexibility index (Phi) is 12.2. The zero-order valence-corrected chi connectivity index (χ0v) is 23.3. The van der Waals surface area contributed by atoms with Gasteiger partial charge in [0.15, 0.2) is 29.1 Å². The summed E-state index contributed by atoms with van der Waals surface area (Å²) < 4.78 is 39.6. The zero-order valence-electron chi connectivity index (χ0n) is 23.3. The Morgan fingerprint density at radius 1 is 1.15 bits per heavy atom. The van der Waals surface area contributed by atoms with Crippen LogP contribution in [0.5, 0.6) is 17.2 Å². The second kappa shape index (κ2) is 15.8. The maximum atomic E-state index is 13.4. The highest BCUT2D eigenvalue weighted by atomic mass is 16.7. The number of hydrogen-bond donors (Lipinski definition) is 0. The van der Waals surface area contributed by atoms with E-state index in [1.807, 2.05) is 37.3 Å². The SMILES string of the molecule is CCCO[C@H]1COCC[C@H](CC(=O)c2nccc(OC)c2OCOC(C)=O)C(=O)O[C@@H](C)[C@@H]1Oc1ccccc1. The molecule has 0 amide bonds. The maximum Gasteiger partial charge on any atom is 0.309 e. The van der Waals surface area contributed by atoms with Gasteiger partial charge in [-0.25, -0.2) is 4.98 Å². The molecule has 2 heterocycles. The van der Waals surface area contributed by atoms with E-state index in [1.54, 1.807) is 6.92 Å². The van der Waals surface area contributed by atoms with Gasteiger partial charge in [0.25, 0.3) is 0 Å². The minimum Gasteiger partial charge on any atom is -0.493 e. The Hall–Kier alpha value is -3.70. The smallest absolute Gasteiger partial charge is 0.309 e. The van der Waals surface area contributed by atoms with Gasteiger partial charge in [0.05, 0.1) is 19.6 Å². The Balaban J connectivity index is 1.78. The summed E-state index contributed by atoms with van der Waals surface area (Å²) in [5, 5.41) is 0. The average Bonchev–Trinajstić information content (AvgIpc) is 2.94. The molecule has 0 bridgehead atoms. The fourth-order valence-electron chi connectivity index (χ4n) is 4.13. The fourth-order valence-corrected chi connectivity index (χ4v) is 4.13. The van der Waals surface area contributed by atoms with E-state index >= 15 is 0 Å². The van der Waals surface area contributed by atoms with E-state index in [4.69, 9.17) is 33.2 Å². The van der Waals surface area contributed by atoms with Crippen molar-refractivity contribution in [2.75, 3.05) is 33.7 Å². The molecule has 1 aromatic carbocycles. The predicted molar refractivity (Wildman–Crippen MR) is 142 cm³/mol. The lowest BCUT2D eigenvalue weighted by molar-refractivity contribution is -0.169. The number of ketones is 1. The second-order valence-electron chi connectivity index (χ2n) is 9.22. The van der Waals surface area contributed by atoms with Gasteiger partial charge in [0.2, 0.25) is 6.79 Å². The van der Waals surface area contributed by atoms with Crippen molar-refractivity contribution in [1.82, 2.24) is 4.98 Å². The number of hydrogen-bond acceptors (Lipinski definition) is 11. The Morgan fingerprint density at radius 3 is 2.62 bits per heavy atom. The summed E-state index contributed by atoms with van der Waals surface area (Å²) in [5.74, 6) is -1.54. The molecule has 1 aromatic heterocycles. The first-order chi connectivity index (χ1) is 19.3. The van der Waals surface area contributed by atoms with E-state index in [0.29, 0.717) is 12.4 Å². The van der Waals surface area contributed by atoms with Crippen LogP contribution >= 0.6 is 0 Å². The number of benzene rings is 1. The average molecular weight is 560 g/mol. The first-order valence-electron chi connectivity index (χ1n) is 13.3. The van der Waals surface area contributed by atoms with Gasteiger partial charge in [-0.2, -0.15) is 0 Å². The van der Waals surface area contributed by atoms with E-state index in [0.717, 1.165) is 6.42 Å². The third kappa shape index (κ3) is 8.92. The van der Waals surface area contributed by atoms with Crippen molar-refractivity contribution in [1.29, 1.82) is 0 Å². The topological polar surface area (TPSA) is 129 Å². The van der Waals surface area contributed by atoms with Crippen LogP contribution in [-0.4, -0.2) is 74.7 Å². The summed E-state index contributed by atoms with van der Waals surface area (Å²) >= 11 is 0. The van der Waals surface area contributed by atoms with E-state index in [-0.39, 0.29) is 43.2 Å². The first-order valence-corrected chi connectivity index (χ1v) is 13.3. The molecule has 1 aliphatic heterocycles. The summed E-state index contributed by atoms with van der Waals surface area (Å²) in [6.07, 6.45) is 0.412. The van der Waals surface area contributed by atoms with Crippen molar-refractivity contribution in [3.63, 3.8) is 0 Å². The summed E-state index contributed by atoms with van der Waals surface area (Å²) in [5.41, 5.74) is -0.0521. The fraction of sp³-hybridized carbons (Fsp3) is 0.517. The first kappa shape index (κ1) is 30.8. The van der Waals surface area contributed by atoms with Gasteiger partial charge in [-0.1, -0.05) is 25.1 Å². The van der Waals surface area contributed by atoms with Crippen molar-refractivity contribution < 1.29 is 47.5 Å². The number of carbonyl (C=O) groups excluding carboxylic acids is 3. The van der Waals surface area contributed by atoms with Gasteiger partial charge >= 0.3 is 11.9 Å². The quantitative estimate of drug-likeness (QED) is 0.214. The van der Waals surface area contributed by atoms with Crippen LogP contribution < -0.4 is 14.2 Å². The molecule has 4 atom stereocenters. The summed E-state index contributed by atoms with van der Waals surface area (Å²) in [7, 11) is 1.41. The van der Waals surface area contributed by atoms with Crippen molar-refractivity contribution >= 4 is 17.7 Å². The molecule has 1 saturated heterocycles. The van der Waals surface area contributed by atoms with Gasteiger partial charge < -0.3 is 33.2 Å². The zero-order chi connectivity index (χ0) is 28.9. The number of nitrogens with zero attached hydrogens (tertiary/aromatic N) is 1. The number of Topliss-reactive ketones (excluding diaryl/α,β-unsaturated/α-hetero) is 1. The van der Waals surface area contributed by atoms with Crippen molar-refractivity contribution in [3.8, 4) is 17.2 Å². The highest BCUT2D eigenvalue weighted by molar-refractivity contribution is 5.99. The number of rotatable bonds is 12. The minimum absolute atomic E-state index is 0.0151. The summed E-state index contributed by atoms with van der Waals surface area (Å²) in [4.78, 5) is 42.0. The number of methoxy groups -OCH3 is 1. The molecule has 3 rings (SSSR count). The highest BCUT2D eigenvalue weighted by Gasteiger charge is 2.36. The standard InChI is InChI=1S/C29H37NO10/c1-5-14-36-25-17-35-15-12-21(29(33)39-19(2)27(25)40-22-9-7-6-8-10-22)16-23(32)26-28(38-18-37-20(3)31)24(34-4)11-13-30-26/h6-11,13,19,21,25,27H,5,12,14-18H2,1-4H3/t19-,21+,25-,27-/m0/s1. The molecule has 0 aliphatic carbocycles. The van der Waals surface area contributed by atoms with Crippen LogP contribution in [0.15, 0.2) is 42.6 Å². The van der Waals surface area contributed by atoms with Crippen molar-refractivity contribution in [2.24, 2.45) is 5.92 Å². The number of cyclic esters (lactones) is 1. The number of pyridine rings is 1. The van der Waals surface area contributed by atoms with Gasteiger partial charge in [-0.3, -0.25) is 14.4 Å². The van der Waals surface area contributed by atoms with Gasteiger partial charge in [-0.15, -0.1) is 0 Å². The molecular weight excluding hydrogens is 522 g/mol. The lowest BCUT2D eigenvalue weighted by Crippen LogP contribution is -2.48. The molecule has 0 radical (unpaired) electrons. The van der Waals surface area contributed by atoms with Crippen LogP contribution in [0.1, 0.15) is 50.5 Å². The largest absolute Gasteiger partial charge is 0.493 e. The lowest BCUT2D eigenvalue weighted by Gasteiger charge is -2.33. The van der Waals surface area contributed by atoms with Crippen molar-refractivity contribution in [3.05, 3.63) is 48.3 Å². The molecule has 0 unspecified atom stereocenters. The van der Waals surface area contributed by atoms with Gasteiger partial charge in [0, 0.05) is 38.8 Å². The molecular formula is C29H37NO10. The molecule has 11 heteroatoms. The van der Waals surface area contributed by atoms with Crippen LogP contribution in [0, 0.1) is 5.92 Å². The molecule has 0 N–H and O–H groups in total. The van der Waals surface area contributed by atoms with Gasteiger partial charge in [0.1, 0.15) is 18.0 Å². The second-order valence-corrected chi connectivity index (χ2v) is 9.22. The van der Waals surface area contributed by atoms with Crippen LogP contribution in [-0.2, 0) is 28.5 Å². The maximum absolute atomic E-state index is 13.4. The molecule has 0 spiro atoms. The van der Waals surface area contributed by atoms with Crippen LogP contribution in [0.2, 0.25) is 0 Å². The number of ether oxygens (including phenoxy) is 7. The molecule has 2 aromatic rings. The summed E-state index contributed by atoms with van der Waals surface area (Å²) in [6, 6.07) is 10.7. The molecule has 1 fully saturated rings. The third-order valence-electron chi connectivity index (χ3n) is 6.16. The summed E-state index contributed by atoms with van der Waals surface area (Å²) in [6.45, 7) is 5.46. The van der Waals surface area contributed by atoms with Crippen LogP contribution in [0.25, 0.3) is 0 Å². The normalized spacial score (nSPS) is 21.6. The number of aromatic nitrogens is 1. The van der Waals surface area contributed by atoms with E-state index in [1.165, 1.54) is 26.3 Å². The van der Waals surface area contributed by atoms with E-state index in [9.17, 15) is 14.4 Å². The van der Waals surface area contributed by atoms with E-state index < -0.39 is 48.7 Å². The van der Waals surface area contributed by atoms with Crippen LogP contribution in [0.4, 0.5) is 0 Å². The van der Waals surface area contributed by atoms with Crippen molar-refractivity contribution in [2.45, 2.75) is 58.3 Å². The molecule has 1 aliphatic rings. The molecule has 11 nitrogen and oxygen atoms in total. The minimum atomic E-state index is -0.810. The molecule has 0 saturated carbocycles. The Bertz CT molecular complexity index is 1110. The highest BCUT2D eigenvalue weighted by Crippen LogP contribution is 2.32. The Morgan fingerprint density at radius 2 is 1.93 bits per heavy atom.